The summed E-state index contributed by atoms with van der Waals surface area (Å²) in [7, 11) is 0. The Hall–Kier alpha value is -1.86. The molecule has 5 nitrogen and oxygen atoms in total. The maximum Gasteiger partial charge on any atom is 0.315 e. The molecule has 7 heteroatoms. The van der Waals surface area contributed by atoms with Gasteiger partial charge in [-0.05, 0) is 38.8 Å². The summed E-state index contributed by atoms with van der Waals surface area (Å²) in [5, 5.41) is 5.30. The molecule has 1 aromatic heterocycles. The zero-order chi connectivity index (χ0) is 18.4. The van der Waals surface area contributed by atoms with Crippen LogP contribution in [0.4, 0.5) is 5.13 Å². The number of hydrogen-bond acceptors (Lipinski definition) is 6. The molecule has 2 aromatic rings. The van der Waals surface area contributed by atoms with Crippen LogP contribution in [0.25, 0.3) is 11.3 Å². The van der Waals surface area contributed by atoms with Crippen molar-refractivity contribution >= 4 is 40.1 Å². The summed E-state index contributed by atoms with van der Waals surface area (Å²) in [5.41, 5.74) is 5.55. The van der Waals surface area contributed by atoms with E-state index in [9.17, 15) is 9.59 Å². The van der Waals surface area contributed by atoms with Crippen LogP contribution < -0.4 is 5.32 Å². The summed E-state index contributed by atoms with van der Waals surface area (Å²) in [6.07, 6.45) is 0. The number of aromatic nitrogens is 1. The van der Waals surface area contributed by atoms with E-state index in [1.165, 1.54) is 39.8 Å². The largest absolute Gasteiger partial charge is 0.465 e. The summed E-state index contributed by atoms with van der Waals surface area (Å²) in [5.74, 6) is -0.114. The second-order valence-electron chi connectivity index (χ2n) is 5.66. The second kappa shape index (κ2) is 9.01. The van der Waals surface area contributed by atoms with Gasteiger partial charge in [0.05, 0.1) is 23.8 Å². The van der Waals surface area contributed by atoms with Gasteiger partial charge in [0.15, 0.2) is 5.13 Å². The molecular formula is C18H22N2O3S2. The van der Waals surface area contributed by atoms with Crippen LogP contribution in [0.1, 0.15) is 23.6 Å². The van der Waals surface area contributed by atoms with Crippen LogP contribution in [-0.2, 0) is 14.3 Å². The van der Waals surface area contributed by atoms with E-state index in [4.69, 9.17) is 4.74 Å². The minimum atomic E-state index is -0.304. The zero-order valence-corrected chi connectivity index (χ0v) is 16.5. The number of anilines is 1. The molecule has 0 atom stereocenters. The summed E-state index contributed by atoms with van der Waals surface area (Å²) >= 11 is 2.63. The highest BCUT2D eigenvalue weighted by molar-refractivity contribution is 8.00. The van der Waals surface area contributed by atoms with Gasteiger partial charge < -0.3 is 10.1 Å². The van der Waals surface area contributed by atoms with Crippen molar-refractivity contribution in [3.8, 4) is 11.3 Å². The van der Waals surface area contributed by atoms with Gasteiger partial charge in [-0.15, -0.1) is 23.1 Å². The maximum absolute atomic E-state index is 12.0. The van der Waals surface area contributed by atoms with E-state index in [1.807, 2.05) is 5.38 Å². The van der Waals surface area contributed by atoms with E-state index < -0.39 is 0 Å². The summed E-state index contributed by atoms with van der Waals surface area (Å²) < 4.78 is 4.82. The number of carbonyl (C=O) groups excluding carboxylic acids is 2. The Labute approximate surface area is 156 Å². The Kier molecular flexibility index (Phi) is 7.01. The fourth-order valence-corrected chi connectivity index (χ4v) is 3.94. The molecule has 0 fully saturated rings. The third kappa shape index (κ3) is 5.57. The number of carbonyl (C=O) groups is 2. The molecule has 0 aliphatic heterocycles. The molecule has 1 amide bonds. The number of nitrogens with zero attached hydrogens (tertiary/aromatic N) is 1. The third-order valence-electron chi connectivity index (χ3n) is 3.44. The Morgan fingerprint density at radius 3 is 2.52 bits per heavy atom. The molecule has 0 spiro atoms. The van der Waals surface area contributed by atoms with Crippen molar-refractivity contribution in [3.05, 3.63) is 34.2 Å². The summed E-state index contributed by atoms with van der Waals surface area (Å²) in [6.45, 7) is 8.32. The molecule has 0 unspecified atom stereocenters. The van der Waals surface area contributed by atoms with Gasteiger partial charge in [0, 0.05) is 10.9 Å². The number of nitrogens with one attached hydrogen (secondary N) is 1. The molecule has 0 saturated carbocycles. The van der Waals surface area contributed by atoms with Gasteiger partial charge in [-0.25, -0.2) is 4.98 Å². The van der Waals surface area contributed by atoms with Crippen LogP contribution >= 0.6 is 23.1 Å². The number of rotatable bonds is 7. The monoisotopic (exact) mass is 378 g/mol. The number of ether oxygens (including phenoxy) is 1. The molecule has 1 N–H and O–H groups in total. The molecule has 2 rings (SSSR count). The van der Waals surface area contributed by atoms with Crippen molar-refractivity contribution in [2.45, 2.75) is 27.7 Å². The molecule has 0 bridgehead atoms. The number of esters is 1. The number of amides is 1. The van der Waals surface area contributed by atoms with Crippen molar-refractivity contribution in [2.75, 3.05) is 23.4 Å². The van der Waals surface area contributed by atoms with Crippen molar-refractivity contribution in [1.29, 1.82) is 0 Å². The highest BCUT2D eigenvalue weighted by atomic mass is 32.2. The van der Waals surface area contributed by atoms with Crippen LogP contribution in [0.2, 0.25) is 0 Å². The Bertz CT molecular complexity index is 748. The van der Waals surface area contributed by atoms with Gasteiger partial charge in [-0.2, -0.15) is 0 Å². The Morgan fingerprint density at radius 1 is 1.20 bits per heavy atom. The molecule has 0 radical (unpaired) electrons. The van der Waals surface area contributed by atoms with E-state index in [1.54, 1.807) is 6.92 Å². The molecule has 25 heavy (non-hydrogen) atoms. The van der Waals surface area contributed by atoms with Gasteiger partial charge in [0.1, 0.15) is 0 Å². The minimum absolute atomic E-state index is 0.173. The Morgan fingerprint density at radius 2 is 1.88 bits per heavy atom. The first-order valence-electron chi connectivity index (χ1n) is 7.97. The van der Waals surface area contributed by atoms with Gasteiger partial charge >= 0.3 is 5.97 Å². The summed E-state index contributed by atoms with van der Waals surface area (Å²) in [6, 6.07) is 4.26. The van der Waals surface area contributed by atoms with E-state index in [2.05, 4.69) is 43.2 Å². The lowest BCUT2D eigenvalue weighted by molar-refractivity contribution is -0.139. The number of thioether (sulfide) groups is 1. The number of hydrogen-bond donors (Lipinski definition) is 1. The molecule has 1 heterocycles. The molecule has 1 aromatic carbocycles. The van der Waals surface area contributed by atoms with Gasteiger partial charge in [0.25, 0.3) is 0 Å². The highest BCUT2D eigenvalue weighted by Gasteiger charge is 2.13. The van der Waals surface area contributed by atoms with E-state index in [0.717, 1.165) is 11.3 Å². The van der Waals surface area contributed by atoms with Crippen molar-refractivity contribution in [2.24, 2.45) is 0 Å². The van der Waals surface area contributed by atoms with Crippen LogP contribution in [0.5, 0.6) is 0 Å². The second-order valence-corrected chi connectivity index (χ2v) is 7.50. The predicted molar refractivity (Wildman–Crippen MR) is 104 cm³/mol. The normalized spacial score (nSPS) is 10.6. The maximum atomic E-state index is 12.0. The van der Waals surface area contributed by atoms with Crippen LogP contribution in [0, 0.1) is 20.8 Å². The van der Waals surface area contributed by atoms with Gasteiger partial charge in [-0.1, -0.05) is 17.7 Å². The average Bonchev–Trinajstić information content (AvgIpc) is 2.94. The molecule has 134 valence electrons. The van der Waals surface area contributed by atoms with E-state index in [0.29, 0.717) is 11.7 Å². The Balaban J connectivity index is 1.96. The first-order chi connectivity index (χ1) is 11.9. The van der Waals surface area contributed by atoms with Crippen molar-refractivity contribution in [3.63, 3.8) is 0 Å². The molecular weight excluding hydrogens is 356 g/mol. The van der Waals surface area contributed by atoms with Crippen LogP contribution in [-0.4, -0.2) is 35.0 Å². The predicted octanol–water partition coefficient (Wildman–Crippen LogP) is 3.97. The lowest BCUT2D eigenvalue weighted by Crippen LogP contribution is -2.16. The molecule has 0 aliphatic rings. The van der Waals surface area contributed by atoms with Crippen LogP contribution in [0.15, 0.2) is 17.5 Å². The lowest BCUT2D eigenvalue weighted by Gasteiger charge is -2.08. The highest BCUT2D eigenvalue weighted by Crippen LogP contribution is 2.31. The fourth-order valence-electron chi connectivity index (χ4n) is 2.62. The molecule has 0 saturated heterocycles. The quantitative estimate of drug-likeness (QED) is 0.738. The minimum Gasteiger partial charge on any atom is -0.465 e. The van der Waals surface area contributed by atoms with Crippen LogP contribution in [0.3, 0.4) is 0 Å². The smallest absolute Gasteiger partial charge is 0.315 e. The van der Waals surface area contributed by atoms with E-state index >= 15 is 0 Å². The van der Waals surface area contributed by atoms with Gasteiger partial charge in [-0.3, -0.25) is 9.59 Å². The number of benzene rings is 1. The molecule has 0 aliphatic carbocycles. The fraction of sp³-hybridized carbons (Fsp3) is 0.389. The lowest BCUT2D eigenvalue weighted by atomic mass is 9.98. The van der Waals surface area contributed by atoms with E-state index in [-0.39, 0.29) is 23.4 Å². The SMILES string of the molecule is CCOC(=O)CSCC(=O)Nc1nc(-c2c(C)cc(C)cc2C)cs1. The number of aryl methyl sites for hydroxylation is 3. The third-order valence-corrected chi connectivity index (χ3v) is 5.11. The first kappa shape index (κ1) is 19.5. The zero-order valence-electron chi connectivity index (χ0n) is 14.8. The van der Waals surface area contributed by atoms with Gasteiger partial charge in [0.2, 0.25) is 5.91 Å². The average molecular weight is 379 g/mol. The first-order valence-corrected chi connectivity index (χ1v) is 10.0. The summed E-state index contributed by atoms with van der Waals surface area (Å²) in [4.78, 5) is 27.7. The standard InChI is InChI=1S/C18H22N2O3S2/c1-5-23-16(22)10-24-9-15(21)20-18-19-14(8-25-18)17-12(3)6-11(2)7-13(17)4/h6-8H,5,9-10H2,1-4H3,(H,19,20,21). The number of thiazole rings is 1. The van der Waals surface area contributed by atoms with Crippen molar-refractivity contribution < 1.29 is 14.3 Å². The topological polar surface area (TPSA) is 68.3 Å². The van der Waals surface area contributed by atoms with Crippen molar-refractivity contribution in [1.82, 2.24) is 4.98 Å².